The van der Waals surface area contributed by atoms with Crippen LogP contribution in [0.15, 0.2) is 6.20 Å². The number of ether oxygens (including phenoxy) is 1. The molecule has 0 unspecified atom stereocenters. The fraction of sp³-hybridized carbons (Fsp3) is 0.583. The maximum Gasteiger partial charge on any atom is 0.358 e. The van der Waals surface area contributed by atoms with Gasteiger partial charge in [0.1, 0.15) is 5.01 Å². The largest absolute Gasteiger partial charge is 0.461 e. The van der Waals surface area contributed by atoms with E-state index in [-0.39, 0.29) is 5.97 Å². The molecule has 0 atom stereocenters. The van der Waals surface area contributed by atoms with Crippen LogP contribution in [0.25, 0.3) is 4.96 Å². The number of carbonyl (C=O) groups is 1. The van der Waals surface area contributed by atoms with Gasteiger partial charge in [-0.05, 0) is 32.9 Å². The molecule has 2 aromatic heterocycles. The van der Waals surface area contributed by atoms with Crippen LogP contribution >= 0.6 is 11.3 Å². The number of rotatable bonds is 3. The molecule has 0 aliphatic carbocycles. The molecule has 0 spiro atoms. The summed E-state index contributed by atoms with van der Waals surface area (Å²) in [6, 6.07) is 0. The van der Waals surface area contributed by atoms with Crippen molar-refractivity contribution in [2.45, 2.75) is 25.7 Å². The summed E-state index contributed by atoms with van der Waals surface area (Å²) in [7, 11) is 0. The van der Waals surface area contributed by atoms with Gasteiger partial charge in [0.25, 0.3) is 0 Å². The second kappa shape index (κ2) is 5.26. The highest BCUT2D eigenvalue weighted by Crippen LogP contribution is 2.29. The van der Waals surface area contributed by atoms with Crippen molar-refractivity contribution in [3.05, 3.63) is 16.9 Å². The molecule has 0 saturated carbocycles. The Labute approximate surface area is 114 Å². The lowest BCUT2D eigenvalue weighted by Crippen LogP contribution is -2.26. The lowest BCUT2D eigenvalue weighted by Gasteiger charge is -2.19. The van der Waals surface area contributed by atoms with Gasteiger partial charge in [-0.2, -0.15) is 5.10 Å². The van der Waals surface area contributed by atoms with Crippen LogP contribution in [0.1, 0.15) is 41.2 Å². The van der Waals surface area contributed by atoms with E-state index in [1.807, 2.05) is 0 Å². The minimum atomic E-state index is -0.386. The molecule has 1 N–H and O–H groups in total. The second-order valence-electron chi connectivity index (χ2n) is 4.54. The fourth-order valence-corrected chi connectivity index (χ4v) is 3.30. The van der Waals surface area contributed by atoms with Gasteiger partial charge in [-0.3, -0.25) is 0 Å². The molecule has 2 aromatic rings. The first kappa shape index (κ1) is 12.6. The van der Waals surface area contributed by atoms with Crippen molar-refractivity contribution < 1.29 is 9.53 Å². The minimum Gasteiger partial charge on any atom is -0.461 e. The van der Waals surface area contributed by atoms with Crippen LogP contribution in [-0.2, 0) is 4.74 Å². The number of piperidine rings is 1. The monoisotopic (exact) mass is 280 g/mol. The summed E-state index contributed by atoms with van der Waals surface area (Å²) < 4.78 is 6.62. The molecule has 0 aromatic carbocycles. The van der Waals surface area contributed by atoms with Crippen LogP contribution in [0, 0.1) is 0 Å². The molecular weight excluding hydrogens is 264 g/mol. The van der Waals surface area contributed by atoms with Gasteiger partial charge in [-0.15, -0.1) is 0 Å². The first-order valence-corrected chi connectivity index (χ1v) is 7.33. The van der Waals surface area contributed by atoms with Gasteiger partial charge < -0.3 is 10.1 Å². The van der Waals surface area contributed by atoms with Gasteiger partial charge >= 0.3 is 5.97 Å². The Hall–Kier alpha value is -1.47. The lowest BCUT2D eigenvalue weighted by molar-refractivity contribution is 0.0520. The predicted octanol–water partition coefficient (Wildman–Crippen LogP) is 1.43. The van der Waals surface area contributed by atoms with E-state index in [0.717, 1.165) is 35.9 Å². The quantitative estimate of drug-likeness (QED) is 0.862. The number of nitrogens with zero attached hydrogens (tertiary/aromatic N) is 3. The number of aromatic nitrogens is 3. The van der Waals surface area contributed by atoms with Crippen molar-refractivity contribution in [1.29, 1.82) is 0 Å². The number of imidazole rings is 1. The van der Waals surface area contributed by atoms with Crippen LogP contribution in [0.2, 0.25) is 0 Å². The van der Waals surface area contributed by atoms with Crippen molar-refractivity contribution in [2.24, 2.45) is 0 Å². The zero-order valence-electron chi connectivity index (χ0n) is 10.8. The standard InChI is InChI=1S/C12H16N4O2S/c1-2-18-11(17)9-7-16-12(14-9)19-10(15-16)8-3-5-13-6-4-8/h7-8,13H,2-6H2,1H3. The molecule has 1 aliphatic rings. The molecule has 19 heavy (non-hydrogen) atoms. The third-order valence-electron chi connectivity index (χ3n) is 3.23. The third kappa shape index (κ3) is 2.48. The number of carbonyl (C=O) groups excluding carboxylic acids is 1. The number of hydrogen-bond donors (Lipinski definition) is 1. The molecule has 3 heterocycles. The van der Waals surface area contributed by atoms with Gasteiger partial charge in [0.15, 0.2) is 5.69 Å². The zero-order valence-corrected chi connectivity index (χ0v) is 11.6. The van der Waals surface area contributed by atoms with E-state index in [0.29, 0.717) is 18.2 Å². The molecule has 6 nitrogen and oxygen atoms in total. The molecule has 0 amide bonds. The van der Waals surface area contributed by atoms with Crippen molar-refractivity contribution in [2.75, 3.05) is 19.7 Å². The molecule has 0 radical (unpaired) electrons. The Morgan fingerprint density at radius 2 is 2.37 bits per heavy atom. The SMILES string of the molecule is CCOC(=O)c1cn2nc(C3CCNCC3)sc2n1. The van der Waals surface area contributed by atoms with E-state index in [1.165, 1.54) is 0 Å². The highest BCUT2D eigenvalue weighted by atomic mass is 32.1. The number of esters is 1. The number of fused-ring (bicyclic) bond motifs is 1. The number of hydrogen-bond acceptors (Lipinski definition) is 6. The fourth-order valence-electron chi connectivity index (χ4n) is 2.25. The first-order chi connectivity index (χ1) is 9.28. The van der Waals surface area contributed by atoms with E-state index >= 15 is 0 Å². The van der Waals surface area contributed by atoms with Crippen LogP contribution in [0.3, 0.4) is 0 Å². The summed E-state index contributed by atoms with van der Waals surface area (Å²) >= 11 is 1.57. The summed E-state index contributed by atoms with van der Waals surface area (Å²) in [6.07, 6.45) is 3.87. The summed E-state index contributed by atoms with van der Waals surface area (Å²) in [5.41, 5.74) is 0.331. The maximum absolute atomic E-state index is 11.6. The van der Waals surface area contributed by atoms with Crippen molar-refractivity contribution >= 4 is 22.3 Å². The van der Waals surface area contributed by atoms with Gasteiger partial charge in [-0.1, -0.05) is 11.3 Å². The molecule has 0 bridgehead atoms. The van der Waals surface area contributed by atoms with E-state index in [1.54, 1.807) is 29.0 Å². The van der Waals surface area contributed by atoms with E-state index in [4.69, 9.17) is 4.74 Å². The third-order valence-corrected chi connectivity index (χ3v) is 4.32. The van der Waals surface area contributed by atoms with Crippen LogP contribution in [0.4, 0.5) is 0 Å². The average Bonchev–Trinajstić information content (AvgIpc) is 2.98. The van der Waals surface area contributed by atoms with E-state index < -0.39 is 0 Å². The zero-order chi connectivity index (χ0) is 13.2. The Kier molecular flexibility index (Phi) is 3.48. The normalized spacial score (nSPS) is 16.9. The lowest BCUT2D eigenvalue weighted by atomic mass is 9.99. The molecule has 7 heteroatoms. The summed E-state index contributed by atoms with van der Waals surface area (Å²) in [5, 5.41) is 8.99. The van der Waals surface area contributed by atoms with E-state index in [9.17, 15) is 4.79 Å². The van der Waals surface area contributed by atoms with Crippen molar-refractivity contribution in [3.8, 4) is 0 Å². The Balaban J connectivity index is 1.82. The highest BCUT2D eigenvalue weighted by Gasteiger charge is 2.21. The smallest absolute Gasteiger partial charge is 0.358 e. The summed E-state index contributed by atoms with van der Waals surface area (Å²) in [6.45, 7) is 4.23. The second-order valence-corrected chi connectivity index (χ2v) is 5.53. The average molecular weight is 280 g/mol. The molecule has 102 valence electrons. The van der Waals surface area contributed by atoms with E-state index in [2.05, 4.69) is 15.4 Å². The Morgan fingerprint density at radius 3 is 3.05 bits per heavy atom. The molecule has 1 fully saturated rings. The van der Waals surface area contributed by atoms with Gasteiger partial charge in [0, 0.05) is 5.92 Å². The number of nitrogens with one attached hydrogen (secondary N) is 1. The summed E-state index contributed by atoms with van der Waals surface area (Å²) in [5.74, 6) is 0.127. The Morgan fingerprint density at radius 1 is 1.58 bits per heavy atom. The van der Waals surface area contributed by atoms with Gasteiger partial charge in [-0.25, -0.2) is 14.3 Å². The predicted molar refractivity (Wildman–Crippen MR) is 71.7 cm³/mol. The van der Waals surface area contributed by atoms with Crippen molar-refractivity contribution in [3.63, 3.8) is 0 Å². The van der Waals surface area contributed by atoms with Crippen LogP contribution < -0.4 is 5.32 Å². The van der Waals surface area contributed by atoms with Crippen molar-refractivity contribution in [1.82, 2.24) is 19.9 Å². The maximum atomic E-state index is 11.6. The molecule has 1 aliphatic heterocycles. The molecular formula is C12H16N4O2S. The van der Waals surface area contributed by atoms with Crippen LogP contribution in [-0.4, -0.2) is 40.3 Å². The summed E-state index contributed by atoms with van der Waals surface area (Å²) in [4.78, 5) is 16.6. The highest BCUT2D eigenvalue weighted by molar-refractivity contribution is 7.16. The minimum absolute atomic E-state index is 0.331. The Bertz CT molecular complexity index is 554. The first-order valence-electron chi connectivity index (χ1n) is 6.52. The van der Waals surface area contributed by atoms with Gasteiger partial charge in [0.2, 0.25) is 4.96 Å². The topological polar surface area (TPSA) is 68.5 Å². The van der Waals surface area contributed by atoms with Crippen LogP contribution in [0.5, 0.6) is 0 Å². The molecule has 3 rings (SSSR count). The molecule has 1 saturated heterocycles. The van der Waals surface area contributed by atoms with Gasteiger partial charge in [0.05, 0.1) is 12.8 Å².